The number of nitro groups is 1. The molecule has 26 heavy (non-hydrogen) atoms. The highest BCUT2D eigenvalue weighted by molar-refractivity contribution is 5.88. The molecule has 1 unspecified atom stereocenters. The van der Waals surface area contributed by atoms with E-state index >= 15 is 0 Å². The number of carbonyl (C=O) groups excluding carboxylic acids is 2. The van der Waals surface area contributed by atoms with Crippen LogP contribution in [0.2, 0.25) is 0 Å². The van der Waals surface area contributed by atoms with Crippen molar-refractivity contribution in [1.82, 2.24) is 15.2 Å². The minimum Gasteiger partial charge on any atom is -0.407 e. The van der Waals surface area contributed by atoms with E-state index in [1.807, 2.05) is 0 Å². The summed E-state index contributed by atoms with van der Waals surface area (Å²) in [6, 6.07) is 3.43. The summed E-state index contributed by atoms with van der Waals surface area (Å²) in [4.78, 5) is 45.7. The van der Waals surface area contributed by atoms with Crippen LogP contribution in [0, 0.1) is 10.1 Å². The zero-order valence-electron chi connectivity index (χ0n) is 13.9. The standard InChI is InChI=1S/C16H18N4O6/c21-14(18-11-3-1-7-17-15(11)22)4-2-8-19-12-6-5-10(20(24)25)9-13(12)26-16(19)23/h5-6,9,11H,1-4,7-8H2,(H,17,22)(H,18,21). The monoisotopic (exact) mass is 362 g/mol. The topological polar surface area (TPSA) is 136 Å². The zero-order valence-corrected chi connectivity index (χ0v) is 13.9. The molecule has 2 amide bonds. The molecule has 1 aromatic heterocycles. The van der Waals surface area contributed by atoms with Crippen LogP contribution in [0.3, 0.4) is 0 Å². The first-order valence-electron chi connectivity index (χ1n) is 8.30. The van der Waals surface area contributed by atoms with Crippen molar-refractivity contribution in [2.24, 2.45) is 0 Å². The lowest BCUT2D eigenvalue weighted by molar-refractivity contribution is -0.384. The van der Waals surface area contributed by atoms with Gasteiger partial charge in [-0.3, -0.25) is 24.3 Å². The Balaban J connectivity index is 1.60. The molecule has 1 fully saturated rings. The lowest BCUT2D eigenvalue weighted by atomic mass is 10.1. The smallest absolute Gasteiger partial charge is 0.407 e. The van der Waals surface area contributed by atoms with E-state index in [4.69, 9.17) is 4.42 Å². The van der Waals surface area contributed by atoms with Crippen LogP contribution in [0.5, 0.6) is 0 Å². The fraction of sp³-hybridized carbons (Fsp3) is 0.438. The van der Waals surface area contributed by atoms with Crippen LogP contribution in [0.4, 0.5) is 5.69 Å². The van der Waals surface area contributed by atoms with Crippen LogP contribution in [0.15, 0.2) is 27.4 Å². The predicted octanol–water partition coefficient (Wildman–Crippen LogP) is 0.678. The third kappa shape index (κ3) is 3.73. The molecule has 0 radical (unpaired) electrons. The summed E-state index contributed by atoms with van der Waals surface area (Å²) in [6.07, 6.45) is 1.95. The van der Waals surface area contributed by atoms with Gasteiger partial charge in [0.15, 0.2) is 5.58 Å². The van der Waals surface area contributed by atoms with Crippen LogP contribution >= 0.6 is 0 Å². The molecule has 1 aliphatic heterocycles. The Morgan fingerprint density at radius 2 is 2.23 bits per heavy atom. The lowest BCUT2D eigenvalue weighted by Gasteiger charge is -2.22. The summed E-state index contributed by atoms with van der Waals surface area (Å²) in [5, 5.41) is 16.2. The molecule has 1 atom stereocenters. The number of nitro benzene ring substituents is 1. The molecule has 2 heterocycles. The highest BCUT2D eigenvalue weighted by Gasteiger charge is 2.23. The molecule has 0 saturated carbocycles. The quantitative estimate of drug-likeness (QED) is 0.573. The van der Waals surface area contributed by atoms with Crippen molar-refractivity contribution in [1.29, 1.82) is 0 Å². The van der Waals surface area contributed by atoms with Gasteiger partial charge in [0.2, 0.25) is 11.8 Å². The molecular formula is C16H18N4O6. The van der Waals surface area contributed by atoms with E-state index in [1.165, 1.54) is 22.8 Å². The fourth-order valence-electron chi connectivity index (χ4n) is 2.95. The Labute approximate surface area is 147 Å². The van der Waals surface area contributed by atoms with Crippen molar-refractivity contribution in [2.45, 2.75) is 38.3 Å². The maximum Gasteiger partial charge on any atom is 0.419 e. The first-order valence-corrected chi connectivity index (χ1v) is 8.30. The summed E-state index contributed by atoms with van der Waals surface area (Å²) in [7, 11) is 0. The largest absolute Gasteiger partial charge is 0.419 e. The Morgan fingerprint density at radius 3 is 2.96 bits per heavy atom. The number of nitrogens with one attached hydrogen (secondary N) is 2. The second-order valence-electron chi connectivity index (χ2n) is 6.09. The van der Waals surface area contributed by atoms with Gasteiger partial charge >= 0.3 is 5.76 Å². The maximum absolute atomic E-state index is 12.0. The number of benzene rings is 1. The molecule has 0 bridgehead atoms. The van der Waals surface area contributed by atoms with E-state index in [2.05, 4.69) is 10.6 Å². The van der Waals surface area contributed by atoms with Crippen LogP contribution < -0.4 is 16.4 Å². The van der Waals surface area contributed by atoms with Crippen molar-refractivity contribution >= 4 is 28.6 Å². The number of oxazole rings is 1. The second kappa shape index (κ2) is 7.38. The van der Waals surface area contributed by atoms with Gasteiger partial charge in [0.05, 0.1) is 16.5 Å². The second-order valence-corrected chi connectivity index (χ2v) is 6.09. The number of amides is 2. The molecule has 1 saturated heterocycles. The van der Waals surface area contributed by atoms with E-state index in [-0.39, 0.29) is 36.1 Å². The number of aromatic nitrogens is 1. The lowest BCUT2D eigenvalue weighted by Crippen LogP contribution is -2.50. The summed E-state index contributed by atoms with van der Waals surface area (Å²) >= 11 is 0. The van der Waals surface area contributed by atoms with Gasteiger partial charge in [0.25, 0.3) is 5.69 Å². The average molecular weight is 362 g/mol. The van der Waals surface area contributed by atoms with Crippen molar-refractivity contribution in [2.75, 3.05) is 6.54 Å². The van der Waals surface area contributed by atoms with Crippen LogP contribution in [0.25, 0.3) is 11.1 Å². The highest BCUT2D eigenvalue weighted by atomic mass is 16.6. The van der Waals surface area contributed by atoms with Crippen LogP contribution in [0.1, 0.15) is 25.7 Å². The molecule has 3 rings (SSSR count). The van der Waals surface area contributed by atoms with Crippen molar-refractivity contribution in [3.8, 4) is 0 Å². The van der Waals surface area contributed by atoms with E-state index in [0.29, 0.717) is 24.9 Å². The Hall–Kier alpha value is -3.17. The number of hydrogen-bond acceptors (Lipinski definition) is 6. The maximum atomic E-state index is 12.0. The Morgan fingerprint density at radius 1 is 1.42 bits per heavy atom. The molecule has 138 valence electrons. The number of hydrogen-bond donors (Lipinski definition) is 2. The Kier molecular flexibility index (Phi) is 5.01. The molecular weight excluding hydrogens is 344 g/mol. The highest BCUT2D eigenvalue weighted by Crippen LogP contribution is 2.20. The third-order valence-electron chi connectivity index (χ3n) is 4.27. The number of aryl methyl sites for hydroxylation is 1. The van der Waals surface area contributed by atoms with E-state index in [1.54, 1.807) is 0 Å². The first-order chi connectivity index (χ1) is 12.5. The van der Waals surface area contributed by atoms with Gasteiger partial charge in [-0.15, -0.1) is 0 Å². The van der Waals surface area contributed by atoms with E-state index in [0.717, 1.165) is 6.42 Å². The number of fused-ring (bicyclic) bond motifs is 1. The molecule has 2 N–H and O–H groups in total. The van der Waals surface area contributed by atoms with Gasteiger partial charge in [-0.2, -0.15) is 0 Å². The predicted molar refractivity (Wildman–Crippen MR) is 90.5 cm³/mol. The number of non-ortho nitro benzene ring substituents is 1. The van der Waals surface area contributed by atoms with Gasteiger partial charge in [-0.1, -0.05) is 0 Å². The molecule has 1 aliphatic rings. The van der Waals surface area contributed by atoms with Crippen LogP contribution in [-0.4, -0.2) is 33.9 Å². The molecule has 10 heteroatoms. The van der Waals surface area contributed by atoms with Crippen molar-refractivity contribution in [3.63, 3.8) is 0 Å². The van der Waals surface area contributed by atoms with Gasteiger partial charge < -0.3 is 15.1 Å². The first kappa shape index (κ1) is 17.6. The number of rotatable bonds is 6. The zero-order chi connectivity index (χ0) is 18.7. The average Bonchev–Trinajstić information content (AvgIpc) is 2.91. The number of piperidine rings is 1. The molecule has 2 aromatic rings. The minimum absolute atomic E-state index is 0.132. The molecule has 0 spiro atoms. The van der Waals surface area contributed by atoms with Gasteiger partial charge in [0, 0.05) is 25.6 Å². The van der Waals surface area contributed by atoms with Gasteiger partial charge in [0.1, 0.15) is 6.04 Å². The van der Waals surface area contributed by atoms with Crippen molar-refractivity contribution < 1.29 is 18.9 Å². The van der Waals surface area contributed by atoms with Crippen molar-refractivity contribution in [3.05, 3.63) is 38.9 Å². The normalized spacial score (nSPS) is 17.1. The summed E-state index contributed by atoms with van der Waals surface area (Å²) in [5.41, 5.74) is 0.406. The van der Waals surface area contributed by atoms with Gasteiger partial charge in [-0.25, -0.2) is 4.79 Å². The SMILES string of the molecule is O=C(CCCn1c(=O)oc2cc([N+](=O)[O-])ccc21)NC1CCCNC1=O. The minimum atomic E-state index is -0.632. The molecule has 1 aromatic carbocycles. The number of carbonyl (C=O) groups is 2. The van der Waals surface area contributed by atoms with E-state index in [9.17, 15) is 24.5 Å². The summed E-state index contributed by atoms with van der Waals surface area (Å²) in [5.74, 6) is -1.07. The fourth-order valence-corrected chi connectivity index (χ4v) is 2.95. The van der Waals surface area contributed by atoms with Gasteiger partial charge in [-0.05, 0) is 25.3 Å². The summed E-state index contributed by atoms with van der Waals surface area (Å²) in [6.45, 7) is 0.855. The van der Waals surface area contributed by atoms with E-state index < -0.39 is 16.7 Å². The third-order valence-corrected chi connectivity index (χ3v) is 4.27. The molecule has 10 nitrogen and oxygen atoms in total. The Bertz CT molecular complexity index is 915. The molecule has 0 aliphatic carbocycles. The summed E-state index contributed by atoms with van der Waals surface area (Å²) < 4.78 is 6.37. The van der Waals surface area contributed by atoms with Crippen LogP contribution in [-0.2, 0) is 16.1 Å². The number of nitrogens with zero attached hydrogens (tertiary/aromatic N) is 2.